The van der Waals surface area contributed by atoms with E-state index in [1.165, 1.54) is 5.56 Å². The van der Waals surface area contributed by atoms with Gasteiger partial charge in [0.15, 0.2) is 0 Å². The third kappa shape index (κ3) is 3.68. The van der Waals surface area contributed by atoms with Crippen molar-refractivity contribution in [1.82, 2.24) is 29.2 Å². The molecule has 1 aliphatic rings. The summed E-state index contributed by atoms with van der Waals surface area (Å²) >= 11 is 0. The Hall–Kier alpha value is -2.51. The second-order valence-corrected chi connectivity index (χ2v) is 7.21. The highest BCUT2D eigenvalue weighted by Gasteiger charge is 2.34. The first-order chi connectivity index (χ1) is 12.6. The number of aryl methyl sites for hydroxylation is 1. The van der Waals surface area contributed by atoms with Crippen LogP contribution in [-0.4, -0.2) is 53.0 Å². The Morgan fingerprint density at radius 2 is 2.04 bits per heavy atom. The van der Waals surface area contributed by atoms with Crippen LogP contribution in [0, 0.1) is 0 Å². The van der Waals surface area contributed by atoms with Crippen LogP contribution in [0.4, 0.5) is 0 Å². The Labute approximate surface area is 152 Å². The third-order valence-electron chi connectivity index (χ3n) is 5.07. The Bertz CT molecular complexity index is 841. The Morgan fingerprint density at radius 3 is 2.73 bits per heavy atom. The molecule has 1 saturated heterocycles. The lowest BCUT2D eigenvalue weighted by atomic mass is 9.89. The molecule has 0 aliphatic carbocycles. The molecule has 4 rings (SSSR count). The minimum Gasteiger partial charge on any atom is -0.388 e. The van der Waals surface area contributed by atoms with Crippen molar-refractivity contribution in [2.45, 2.75) is 31.4 Å². The van der Waals surface area contributed by atoms with Crippen LogP contribution in [0.5, 0.6) is 0 Å². The molecule has 2 aromatic heterocycles. The van der Waals surface area contributed by atoms with Crippen molar-refractivity contribution in [3.05, 3.63) is 60.7 Å². The molecular weight excluding hydrogens is 328 g/mol. The number of hydrogen-bond acceptors (Lipinski definition) is 5. The maximum Gasteiger partial charge on any atom is 0.135 e. The van der Waals surface area contributed by atoms with Crippen LogP contribution in [-0.2, 0) is 20.0 Å². The van der Waals surface area contributed by atoms with E-state index in [0.29, 0.717) is 13.0 Å². The van der Waals surface area contributed by atoms with Gasteiger partial charge in [0, 0.05) is 44.6 Å². The fourth-order valence-electron chi connectivity index (χ4n) is 3.69. The Balaban J connectivity index is 1.41. The van der Waals surface area contributed by atoms with E-state index in [0.717, 1.165) is 37.4 Å². The van der Waals surface area contributed by atoms with Gasteiger partial charge >= 0.3 is 0 Å². The van der Waals surface area contributed by atoms with Gasteiger partial charge in [0.25, 0.3) is 0 Å². The van der Waals surface area contributed by atoms with Crippen molar-refractivity contribution in [3.63, 3.8) is 0 Å². The molecule has 7 heteroatoms. The number of benzene rings is 1. The summed E-state index contributed by atoms with van der Waals surface area (Å²) in [6, 6.07) is 8.50. The highest BCUT2D eigenvalue weighted by Crippen LogP contribution is 2.26. The molecule has 136 valence electrons. The lowest BCUT2D eigenvalue weighted by Crippen LogP contribution is -2.49. The van der Waals surface area contributed by atoms with Gasteiger partial charge in [0.1, 0.15) is 12.2 Å². The second-order valence-electron chi connectivity index (χ2n) is 7.21. The molecule has 1 atom stereocenters. The number of piperidine rings is 1. The molecular formula is C19H24N6O. The maximum absolute atomic E-state index is 11.1. The molecule has 3 aromatic rings. The minimum absolute atomic E-state index is 0.541. The zero-order chi connectivity index (χ0) is 18.0. The van der Waals surface area contributed by atoms with Crippen LogP contribution in [0.3, 0.4) is 0 Å². The van der Waals surface area contributed by atoms with Crippen LogP contribution in [0.25, 0.3) is 5.69 Å². The number of nitrogens with zero attached hydrogens (tertiary/aromatic N) is 6. The molecule has 7 nitrogen and oxygen atoms in total. The van der Waals surface area contributed by atoms with Gasteiger partial charge in [-0.05, 0) is 37.1 Å². The van der Waals surface area contributed by atoms with E-state index in [2.05, 4.69) is 44.3 Å². The van der Waals surface area contributed by atoms with Gasteiger partial charge in [-0.3, -0.25) is 4.90 Å². The second kappa shape index (κ2) is 7.01. The predicted octanol–water partition coefficient (Wildman–Crippen LogP) is 1.57. The first-order valence-electron chi connectivity index (χ1n) is 8.96. The predicted molar refractivity (Wildman–Crippen MR) is 97.7 cm³/mol. The highest BCUT2D eigenvalue weighted by molar-refractivity contribution is 5.34. The molecule has 0 spiro atoms. The van der Waals surface area contributed by atoms with Crippen LogP contribution in [0.15, 0.2) is 49.3 Å². The highest BCUT2D eigenvalue weighted by atomic mass is 16.3. The number of hydrogen-bond donors (Lipinski definition) is 1. The van der Waals surface area contributed by atoms with Gasteiger partial charge in [-0.25, -0.2) is 4.98 Å². The van der Waals surface area contributed by atoms with Crippen LogP contribution >= 0.6 is 0 Å². The molecule has 0 radical (unpaired) electrons. The standard InChI is InChI=1S/C19H24N6O/c1-23-15-21-22-18(23)11-19(26)7-2-9-24(13-19)12-16-3-5-17(6-4-16)25-10-8-20-14-25/h3-6,8,10,14-15,26H,2,7,9,11-13H2,1H3. The molecule has 0 amide bonds. The quantitative estimate of drug-likeness (QED) is 0.755. The van der Waals surface area contributed by atoms with E-state index >= 15 is 0 Å². The van der Waals surface area contributed by atoms with E-state index < -0.39 is 5.60 Å². The van der Waals surface area contributed by atoms with Crippen LogP contribution in [0.2, 0.25) is 0 Å². The smallest absolute Gasteiger partial charge is 0.135 e. The maximum atomic E-state index is 11.1. The number of aromatic nitrogens is 5. The van der Waals surface area contributed by atoms with Crippen molar-refractivity contribution in [2.24, 2.45) is 7.05 Å². The lowest BCUT2D eigenvalue weighted by molar-refractivity contribution is -0.0344. The summed E-state index contributed by atoms with van der Waals surface area (Å²) < 4.78 is 3.87. The van der Waals surface area contributed by atoms with Crippen molar-refractivity contribution < 1.29 is 5.11 Å². The van der Waals surface area contributed by atoms with E-state index in [1.54, 1.807) is 18.9 Å². The van der Waals surface area contributed by atoms with Crippen molar-refractivity contribution in [1.29, 1.82) is 0 Å². The van der Waals surface area contributed by atoms with E-state index in [4.69, 9.17) is 0 Å². The van der Waals surface area contributed by atoms with Gasteiger partial charge in [-0.2, -0.15) is 0 Å². The molecule has 26 heavy (non-hydrogen) atoms. The number of rotatable bonds is 5. The summed E-state index contributed by atoms with van der Waals surface area (Å²) in [7, 11) is 1.92. The first kappa shape index (κ1) is 16.9. The topological polar surface area (TPSA) is 72.0 Å². The zero-order valence-electron chi connectivity index (χ0n) is 15.0. The summed E-state index contributed by atoms with van der Waals surface area (Å²) in [5.74, 6) is 0.832. The van der Waals surface area contributed by atoms with Crippen LogP contribution < -0.4 is 0 Å². The van der Waals surface area contributed by atoms with E-state index in [9.17, 15) is 5.11 Å². The summed E-state index contributed by atoms with van der Waals surface area (Å²) in [5, 5.41) is 19.1. The SMILES string of the molecule is Cn1cnnc1CC1(O)CCCN(Cc2ccc(-n3ccnc3)cc2)C1. The Morgan fingerprint density at radius 1 is 1.19 bits per heavy atom. The van der Waals surface area contributed by atoms with Gasteiger partial charge in [-0.15, -0.1) is 10.2 Å². The van der Waals surface area contributed by atoms with E-state index in [-0.39, 0.29) is 0 Å². The average molecular weight is 352 g/mol. The van der Waals surface area contributed by atoms with Crippen LogP contribution in [0.1, 0.15) is 24.2 Å². The molecule has 1 fully saturated rings. The normalized spacial score (nSPS) is 21.2. The molecule has 1 N–H and O–H groups in total. The number of imidazole rings is 1. The van der Waals surface area contributed by atoms with Gasteiger partial charge in [-0.1, -0.05) is 12.1 Å². The van der Waals surface area contributed by atoms with E-state index in [1.807, 2.05) is 22.4 Å². The first-order valence-corrected chi connectivity index (χ1v) is 8.96. The lowest BCUT2D eigenvalue weighted by Gasteiger charge is -2.39. The summed E-state index contributed by atoms with van der Waals surface area (Å²) in [6.07, 6.45) is 9.52. The summed E-state index contributed by atoms with van der Waals surface area (Å²) in [6.45, 7) is 2.50. The molecule has 1 unspecified atom stereocenters. The summed E-state index contributed by atoms with van der Waals surface area (Å²) in [4.78, 5) is 6.41. The fourth-order valence-corrected chi connectivity index (χ4v) is 3.69. The Kier molecular flexibility index (Phi) is 4.57. The average Bonchev–Trinajstić information content (AvgIpc) is 3.28. The molecule has 0 saturated carbocycles. The van der Waals surface area contributed by atoms with Crippen molar-refractivity contribution >= 4 is 0 Å². The molecule has 1 aromatic carbocycles. The number of aliphatic hydroxyl groups is 1. The third-order valence-corrected chi connectivity index (χ3v) is 5.07. The van der Waals surface area contributed by atoms with Crippen molar-refractivity contribution in [2.75, 3.05) is 13.1 Å². The molecule has 3 heterocycles. The number of likely N-dealkylation sites (tertiary alicyclic amines) is 1. The van der Waals surface area contributed by atoms with Gasteiger partial charge in [0.05, 0.1) is 11.9 Å². The minimum atomic E-state index is -0.740. The monoisotopic (exact) mass is 352 g/mol. The summed E-state index contributed by atoms with van der Waals surface area (Å²) in [5.41, 5.74) is 1.61. The van der Waals surface area contributed by atoms with Gasteiger partial charge < -0.3 is 14.2 Å². The number of β-amino-alcohol motifs (C(OH)–C–C–N with tert-alkyl or cyclic N) is 1. The van der Waals surface area contributed by atoms with Gasteiger partial charge in [0.2, 0.25) is 0 Å². The molecule has 1 aliphatic heterocycles. The largest absolute Gasteiger partial charge is 0.388 e. The molecule has 0 bridgehead atoms. The zero-order valence-corrected chi connectivity index (χ0v) is 15.0. The fraction of sp³-hybridized carbons (Fsp3) is 0.421. The van der Waals surface area contributed by atoms with Crippen molar-refractivity contribution in [3.8, 4) is 5.69 Å².